The molecule has 55 heavy (non-hydrogen) atoms. The van der Waals surface area contributed by atoms with Crippen molar-refractivity contribution in [1.29, 1.82) is 0 Å². The predicted molar refractivity (Wildman–Crippen MR) is 220 cm³/mol. The van der Waals surface area contributed by atoms with Crippen molar-refractivity contribution in [3.63, 3.8) is 0 Å². The fraction of sp³-hybridized carbons (Fsp3) is 0.286. The van der Waals surface area contributed by atoms with E-state index < -0.39 is 5.97 Å². The zero-order valence-electron chi connectivity index (χ0n) is 31.4. The Hall–Kier alpha value is -5.10. The highest BCUT2D eigenvalue weighted by Crippen LogP contribution is 2.46. The van der Waals surface area contributed by atoms with Crippen molar-refractivity contribution in [3.8, 4) is 16.9 Å². The number of halogens is 2. The number of benzene rings is 3. The van der Waals surface area contributed by atoms with Gasteiger partial charge in [0.05, 0.1) is 57.4 Å². The van der Waals surface area contributed by atoms with E-state index in [-0.39, 0.29) is 17.5 Å². The third kappa shape index (κ3) is 6.28. The Morgan fingerprint density at radius 2 is 1.80 bits per heavy atom. The van der Waals surface area contributed by atoms with Crippen LogP contribution in [0.3, 0.4) is 0 Å². The van der Waals surface area contributed by atoms with E-state index in [1.165, 1.54) is 11.3 Å². The summed E-state index contributed by atoms with van der Waals surface area (Å²) in [5.41, 5.74) is 12.3. The van der Waals surface area contributed by atoms with Gasteiger partial charge in [0.25, 0.3) is 5.91 Å². The second-order valence-electron chi connectivity index (χ2n) is 14.4. The van der Waals surface area contributed by atoms with Gasteiger partial charge >= 0.3 is 5.97 Å². The number of hydrogen-bond acceptors (Lipinski definition) is 6. The number of aromatic nitrogens is 5. The van der Waals surface area contributed by atoms with Crippen LogP contribution in [-0.4, -0.2) is 54.0 Å². The van der Waals surface area contributed by atoms with Crippen molar-refractivity contribution < 1.29 is 19.4 Å². The molecule has 0 saturated heterocycles. The van der Waals surface area contributed by atoms with Crippen LogP contribution in [0.5, 0.6) is 5.75 Å². The number of carboxylic acids is 1. The number of carboxylic acid groups (broad SMARTS) is 1. The average Bonchev–Trinajstić information content (AvgIpc) is 3.92. The first-order valence-corrected chi connectivity index (χ1v) is 19.8. The summed E-state index contributed by atoms with van der Waals surface area (Å²) in [7, 11) is 1.92. The second-order valence-corrected chi connectivity index (χ2v) is 15.9. The first-order chi connectivity index (χ1) is 26.3. The molecule has 1 N–H and O–H groups in total. The molecule has 1 amide bonds. The van der Waals surface area contributed by atoms with Crippen molar-refractivity contribution in [3.05, 3.63) is 115 Å². The van der Waals surface area contributed by atoms with E-state index in [4.69, 9.17) is 33.0 Å². The molecule has 0 saturated carbocycles. The standard InChI is InChI=1S/C42H40Cl2N6O4S/c1-22-14-29(15-23(2)38(22)44)54-13-7-8-30-31-10-11-33(43)37(36-25(4)46-47(6)26(36)5)39(31)50-24(3)17-49(41(51)40(30)50)35-19-48(18-28-20-55-21-45-28)34-12-9-27(42(52)53)16-32(34)35/h9-12,14-16,19-21,24H,7-8,13,17-18H2,1-6H3,(H,52,53)/t24-/m1/s1. The van der Waals surface area contributed by atoms with Crippen LogP contribution >= 0.6 is 34.5 Å². The summed E-state index contributed by atoms with van der Waals surface area (Å²) < 4.78 is 12.3. The minimum Gasteiger partial charge on any atom is -0.494 e. The summed E-state index contributed by atoms with van der Waals surface area (Å²) in [4.78, 5) is 33.7. The molecular weight excluding hydrogens is 755 g/mol. The Balaban J connectivity index is 1.27. The minimum absolute atomic E-state index is 0.153. The van der Waals surface area contributed by atoms with E-state index in [0.717, 1.165) is 72.1 Å². The maximum absolute atomic E-state index is 15.2. The van der Waals surface area contributed by atoms with Gasteiger partial charge in [0, 0.05) is 63.8 Å². The zero-order valence-corrected chi connectivity index (χ0v) is 33.7. The first kappa shape index (κ1) is 36.9. The van der Waals surface area contributed by atoms with Gasteiger partial charge in [0.2, 0.25) is 0 Å². The van der Waals surface area contributed by atoms with E-state index in [0.29, 0.717) is 54.3 Å². The number of thiazole rings is 1. The monoisotopic (exact) mass is 794 g/mol. The van der Waals surface area contributed by atoms with E-state index in [1.54, 1.807) is 17.6 Å². The van der Waals surface area contributed by atoms with Gasteiger partial charge in [0.1, 0.15) is 11.4 Å². The molecule has 1 aliphatic rings. The number of aromatic carboxylic acids is 1. The number of ether oxygens (including phenoxy) is 1. The Morgan fingerprint density at radius 3 is 2.47 bits per heavy atom. The van der Waals surface area contributed by atoms with Crippen LogP contribution in [0.1, 0.15) is 74.0 Å². The lowest BCUT2D eigenvalue weighted by Gasteiger charge is -2.34. The van der Waals surface area contributed by atoms with Crippen LogP contribution in [-0.2, 0) is 20.0 Å². The van der Waals surface area contributed by atoms with Crippen LogP contribution in [0, 0.1) is 27.7 Å². The topological polar surface area (TPSA) is 107 Å². The van der Waals surface area contributed by atoms with Gasteiger partial charge in [-0.1, -0.05) is 29.3 Å². The lowest BCUT2D eigenvalue weighted by atomic mass is 9.98. The van der Waals surface area contributed by atoms with E-state index >= 15 is 4.79 Å². The molecule has 10 nitrogen and oxygen atoms in total. The van der Waals surface area contributed by atoms with Gasteiger partial charge in [-0.25, -0.2) is 9.78 Å². The summed E-state index contributed by atoms with van der Waals surface area (Å²) in [5.74, 6) is -0.438. The molecule has 0 unspecified atom stereocenters. The van der Waals surface area contributed by atoms with Gasteiger partial charge < -0.3 is 23.9 Å². The molecule has 282 valence electrons. The van der Waals surface area contributed by atoms with Crippen LogP contribution in [0.15, 0.2) is 59.6 Å². The average molecular weight is 796 g/mol. The Labute approximate surface area is 332 Å². The predicted octanol–water partition coefficient (Wildman–Crippen LogP) is 9.97. The van der Waals surface area contributed by atoms with Gasteiger partial charge in [-0.05, 0) is 101 Å². The first-order valence-electron chi connectivity index (χ1n) is 18.1. The van der Waals surface area contributed by atoms with Crippen molar-refractivity contribution >= 4 is 73.9 Å². The lowest BCUT2D eigenvalue weighted by Crippen LogP contribution is -2.42. The molecule has 0 spiro atoms. The molecule has 13 heteroatoms. The fourth-order valence-electron chi connectivity index (χ4n) is 8.18. The van der Waals surface area contributed by atoms with Crippen LogP contribution in [0.25, 0.3) is 32.9 Å². The Morgan fingerprint density at radius 1 is 1.04 bits per heavy atom. The number of nitrogens with zero attached hydrogens (tertiary/aromatic N) is 6. The number of carbonyl (C=O) groups excluding carboxylic acids is 1. The number of carbonyl (C=O) groups is 2. The summed E-state index contributed by atoms with van der Waals surface area (Å²) in [6.45, 7) is 11.3. The fourth-order valence-corrected chi connectivity index (χ4v) is 9.09. The highest BCUT2D eigenvalue weighted by Gasteiger charge is 2.38. The SMILES string of the molecule is Cc1cc(OCCCc2c3n(c4c(-c5c(C)nn(C)c5C)c(Cl)ccc24)[C@H](C)CN(c2cn(Cc4cscn4)c4ccc(C(=O)O)cc24)C3=O)cc(C)c1Cl. The summed E-state index contributed by atoms with van der Waals surface area (Å²) in [5, 5.41) is 19.6. The van der Waals surface area contributed by atoms with Crippen LogP contribution in [0.2, 0.25) is 10.0 Å². The number of rotatable bonds is 10. The van der Waals surface area contributed by atoms with E-state index in [9.17, 15) is 9.90 Å². The lowest BCUT2D eigenvalue weighted by molar-refractivity contribution is 0.0696. The van der Waals surface area contributed by atoms with Gasteiger partial charge in [0.15, 0.2) is 0 Å². The normalized spacial score (nSPS) is 14.4. The molecule has 0 radical (unpaired) electrons. The molecule has 1 atom stereocenters. The Bertz CT molecular complexity index is 2650. The molecule has 0 aliphatic carbocycles. The number of amides is 1. The summed E-state index contributed by atoms with van der Waals surface area (Å²) in [6.07, 6.45) is 3.16. The minimum atomic E-state index is -1.03. The van der Waals surface area contributed by atoms with Crippen LogP contribution < -0.4 is 9.64 Å². The molecule has 7 aromatic rings. The van der Waals surface area contributed by atoms with E-state index in [1.807, 2.05) is 90.8 Å². The van der Waals surface area contributed by atoms with Crippen molar-refractivity contribution in [2.45, 2.75) is 60.0 Å². The largest absolute Gasteiger partial charge is 0.494 e. The van der Waals surface area contributed by atoms with E-state index in [2.05, 4.69) is 16.5 Å². The zero-order chi connectivity index (χ0) is 38.9. The number of hydrogen-bond donors (Lipinski definition) is 1. The molecule has 8 rings (SSSR count). The molecular formula is C42H40Cl2N6O4S. The number of anilines is 1. The van der Waals surface area contributed by atoms with Crippen molar-refractivity contribution in [1.82, 2.24) is 23.9 Å². The van der Waals surface area contributed by atoms with Crippen LogP contribution in [0.4, 0.5) is 5.69 Å². The highest BCUT2D eigenvalue weighted by molar-refractivity contribution is 7.07. The molecule has 5 heterocycles. The molecule has 3 aromatic carbocycles. The van der Waals surface area contributed by atoms with Gasteiger partial charge in [-0.15, -0.1) is 11.3 Å². The second kappa shape index (κ2) is 14.2. The van der Waals surface area contributed by atoms with Gasteiger partial charge in [-0.2, -0.15) is 5.10 Å². The molecule has 0 bridgehead atoms. The highest BCUT2D eigenvalue weighted by atomic mass is 35.5. The molecule has 0 fully saturated rings. The van der Waals surface area contributed by atoms with Crippen molar-refractivity contribution in [2.24, 2.45) is 7.05 Å². The molecule has 1 aliphatic heterocycles. The summed E-state index contributed by atoms with van der Waals surface area (Å²) >= 11 is 15.1. The quantitative estimate of drug-likeness (QED) is 0.138. The summed E-state index contributed by atoms with van der Waals surface area (Å²) in [6, 6.07) is 12.7. The maximum Gasteiger partial charge on any atom is 0.335 e. The van der Waals surface area contributed by atoms with Crippen molar-refractivity contribution in [2.75, 3.05) is 18.1 Å². The maximum atomic E-state index is 15.2. The van der Waals surface area contributed by atoms with Gasteiger partial charge in [-0.3, -0.25) is 9.48 Å². The molecule has 4 aromatic heterocycles. The smallest absolute Gasteiger partial charge is 0.335 e. The third-order valence-electron chi connectivity index (χ3n) is 10.8. The number of fused-ring (bicyclic) bond motifs is 4. The number of aryl methyl sites for hydroxylation is 5. The third-order valence-corrected chi connectivity index (χ3v) is 12.3. The Kier molecular flexibility index (Phi) is 9.51.